The minimum Gasteiger partial charge on any atom is -0.406 e. The number of benzene rings is 1. The number of halogens is 3. The van der Waals surface area contributed by atoms with E-state index >= 15 is 0 Å². The maximum absolute atomic E-state index is 12.7. The third-order valence-corrected chi connectivity index (χ3v) is 5.90. The van der Waals surface area contributed by atoms with Gasteiger partial charge in [0.1, 0.15) is 5.75 Å². The van der Waals surface area contributed by atoms with Crippen molar-refractivity contribution in [3.05, 3.63) is 45.7 Å². The zero-order valence-corrected chi connectivity index (χ0v) is 15.8. The zero-order valence-electron chi connectivity index (χ0n) is 15.0. The predicted octanol–water partition coefficient (Wildman–Crippen LogP) is 4.31. The van der Waals surface area contributed by atoms with Gasteiger partial charge in [-0.05, 0) is 37.5 Å². The van der Waals surface area contributed by atoms with Crippen LogP contribution in [0, 0.1) is 0 Å². The number of nitrogens with one attached hydrogen (secondary N) is 1. The molecule has 4 rings (SSSR count). The van der Waals surface area contributed by atoms with Crippen LogP contribution in [-0.2, 0) is 4.74 Å². The minimum absolute atomic E-state index is 0.105. The molecule has 3 heterocycles. The Labute approximate surface area is 162 Å². The molecule has 0 spiro atoms. The lowest BCUT2D eigenvalue weighted by Gasteiger charge is -2.26. The second-order valence-corrected chi connectivity index (χ2v) is 7.94. The molecule has 1 aromatic carbocycles. The molecule has 0 saturated carbocycles. The highest BCUT2D eigenvalue weighted by Gasteiger charge is 2.33. The van der Waals surface area contributed by atoms with Crippen LogP contribution in [0.3, 0.4) is 0 Å². The number of ether oxygens (including phenoxy) is 2. The van der Waals surface area contributed by atoms with Crippen LogP contribution < -0.4 is 10.3 Å². The average molecular weight is 413 g/mol. The predicted molar refractivity (Wildman–Crippen MR) is 99.5 cm³/mol. The number of alkyl halides is 3. The van der Waals surface area contributed by atoms with Gasteiger partial charge in [0.15, 0.2) is 5.82 Å². The van der Waals surface area contributed by atoms with Crippen molar-refractivity contribution in [3.63, 3.8) is 0 Å². The monoisotopic (exact) mass is 413 g/mol. The number of aromatic nitrogens is 2. The van der Waals surface area contributed by atoms with Crippen LogP contribution in [0.1, 0.15) is 42.2 Å². The van der Waals surface area contributed by atoms with E-state index in [0.717, 1.165) is 17.9 Å². The molecule has 28 heavy (non-hydrogen) atoms. The van der Waals surface area contributed by atoms with Crippen LogP contribution in [0.4, 0.5) is 19.0 Å². The van der Waals surface area contributed by atoms with Gasteiger partial charge < -0.3 is 9.47 Å². The summed E-state index contributed by atoms with van der Waals surface area (Å²) < 4.78 is 48.3. The van der Waals surface area contributed by atoms with Crippen LogP contribution >= 0.6 is 11.8 Å². The first-order valence-corrected chi connectivity index (χ1v) is 9.69. The Morgan fingerprint density at radius 1 is 1.25 bits per heavy atom. The molecule has 1 fully saturated rings. The number of fused-ring (bicyclic) bond motifs is 1. The van der Waals surface area contributed by atoms with E-state index in [-0.39, 0.29) is 22.6 Å². The van der Waals surface area contributed by atoms with E-state index in [0.29, 0.717) is 30.2 Å². The fraction of sp³-hybridized carbons (Fsp3) is 0.444. The van der Waals surface area contributed by atoms with E-state index in [2.05, 4.69) is 14.8 Å². The fourth-order valence-electron chi connectivity index (χ4n) is 3.50. The molecule has 0 amide bonds. The van der Waals surface area contributed by atoms with Crippen LogP contribution in [0.25, 0.3) is 0 Å². The van der Waals surface area contributed by atoms with Crippen LogP contribution in [-0.4, -0.2) is 34.4 Å². The lowest BCUT2D eigenvalue weighted by atomic mass is 10.1. The SMILES string of the molecule is CC1=Nc2c(c(=O)[nH]n2C2CCOCC2)[C@@H](c2ccc(OC(F)(F)F)cc2)S1. The molecule has 1 saturated heterocycles. The Morgan fingerprint density at radius 2 is 1.93 bits per heavy atom. The summed E-state index contributed by atoms with van der Waals surface area (Å²) in [7, 11) is 0. The molecule has 150 valence electrons. The van der Waals surface area contributed by atoms with Gasteiger partial charge in [0, 0.05) is 13.2 Å². The van der Waals surface area contributed by atoms with E-state index in [1.165, 1.54) is 23.9 Å². The highest BCUT2D eigenvalue weighted by atomic mass is 32.2. The maximum atomic E-state index is 12.7. The van der Waals surface area contributed by atoms with Crippen molar-refractivity contribution in [2.45, 2.75) is 37.4 Å². The van der Waals surface area contributed by atoms with Crippen molar-refractivity contribution in [1.29, 1.82) is 0 Å². The van der Waals surface area contributed by atoms with Gasteiger partial charge in [-0.15, -0.1) is 13.2 Å². The topological polar surface area (TPSA) is 68.6 Å². The molecule has 1 atom stereocenters. The first-order chi connectivity index (χ1) is 13.3. The maximum Gasteiger partial charge on any atom is 0.573 e. The number of H-pyrrole nitrogens is 1. The number of hydrogen-bond acceptors (Lipinski definition) is 5. The summed E-state index contributed by atoms with van der Waals surface area (Å²) in [5.41, 5.74) is 1.00. The van der Waals surface area contributed by atoms with Gasteiger partial charge in [-0.25, -0.2) is 4.99 Å². The fourth-order valence-corrected chi connectivity index (χ4v) is 4.60. The average Bonchev–Trinajstić information content (AvgIpc) is 2.98. The van der Waals surface area contributed by atoms with Gasteiger partial charge in [-0.3, -0.25) is 14.6 Å². The van der Waals surface area contributed by atoms with Gasteiger partial charge in [0.2, 0.25) is 0 Å². The summed E-state index contributed by atoms with van der Waals surface area (Å²) in [6.07, 6.45) is -3.17. The van der Waals surface area contributed by atoms with Crippen LogP contribution in [0.5, 0.6) is 5.75 Å². The second-order valence-electron chi connectivity index (χ2n) is 6.64. The summed E-state index contributed by atoms with van der Waals surface area (Å²) in [5.74, 6) is 0.296. The van der Waals surface area contributed by atoms with Gasteiger partial charge in [0.25, 0.3) is 5.56 Å². The molecule has 2 aromatic rings. The first kappa shape index (κ1) is 19.1. The quantitative estimate of drug-likeness (QED) is 0.814. The van der Waals surface area contributed by atoms with Crippen molar-refractivity contribution in [2.75, 3.05) is 13.2 Å². The molecule has 0 aliphatic carbocycles. The Balaban J connectivity index is 1.69. The minimum atomic E-state index is -4.74. The third kappa shape index (κ3) is 3.83. The largest absolute Gasteiger partial charge is 0.573 e. The van der Waals surface area contributed by atoms with Crippen molar-refractivity contribution >= 4 is 22.6 Å². The summed E-state index contributed by atoms with van der Waals surface area (Å²) in [4.78, 5) is 17.3. The summed E-state index contributed by atoms with van der Waals surface area (Å²) >= 11 is 1.40. The highest BCUT2D eigenvalue weighted by Crippen LogP contribution is 2.45. The van der Waals surface area contributed by atoms with Gasteiger partial charge in [-0.2, -0.15) is 0 Å². The molecule has 10 heteroatoms. The molecule has 0 radical (unpaired) electrons. The molecule has 1 aromatic heterocycles. The van der Waals surface area contributed by atoms with Gasteiger partial charge >= 0.3 is 6.36 Å². The summed E-state index contributed by atoms with van der Waals surface area (Å²) in [6, 6.07) is 5.72. The Hall–Kier alpha value is -2.20. The number of hydrogen-bond donors (Lipinski definition) is 1. The molecule has 2 aliphatic rings. The molecular formula is C18H18F3N3O3S. The van der Waals surface area contributed by atoms with E-state index in [1.807, 2.05) is 11.6 Å². The van der Waals surface area contributed by atoms with E-state index in [4.69, 9.17) is 4.74 Å². The van der Waals surface area contributed by atoms with E-state index in [1.54, 1.807) is 12.1 Å². The lowest BCUT2D eigenvalue weighted by molar-refractivity contribution is -0.274. The lowest BCUT2D eigenvalue weighted by Crippen LogP contribution is -2.21. The zero-order chi connectivity index (χ0) is 19.9. The van der Waals surface area contributed by atoms with Crippen LogP contribution in [0.2, 0.25) is 0 Å². The summed E-state index contributed by atoms with van der Waals surface area (Å²) in [5, 5.41) is 3.33. The van der Waals surface area contributed by atoms with Gasteiger partial charge in [0.05, 0.1) is 21.9 Å². The molecule has 1 N–H and O–H groups in total. The molecule has 0 unspecified atom stereocenters. The van der Waals surface area contributed by atoms with Crippen molar-refractivity contribution < 1.29 is 22.6 Å². The Morgan fingerprint density at radius 3 is 2.57 bits per heavy atom. The number of rotatable bonds is 3. The number of aliphatic imine (C=N–C) groups is 1. The Bertz CT molecular complexity index is 944. The molecular weight excluding hydrogens is 395 g/mol. The van der Waals surface area contributed by atoms with Crippen molar-refractivity contribution in [2.24, 2.45) is 4.99 Å². The normalized spacial score (nSPS) is 20.6. The standard InChI is InChI=1S/C18H18F3N3O3S/c1-10-22-16-14(17(25)23-24(16)12-6-8-26-9-7-12)15(28-10)11-2-4-13(5-3-11)27-18(19,20)21/h2-5,12,15H,6-9H2,1H3,(H,23,25)/t15-/m1/s1. The number of aromatic amines is 1. The molecule has 2 aliphatic heterocycles. The second kappa shape index (κ2) is 7.32. The smallest absolute Gasteiger partial charge is 0.406 e. The van der Waals surface area contributed by atoms with Crippen LogP contribution in [0.15, 0.2) is 34.1 Å². The number of thioether (sulfide) groups is 1. The first-order valence-electron chi connectivity index (χ1n) is 8.81. The molecule has 6 nitrogen and oxygen atoms in total. The Kier molecular flexibility index (Phi) is 5.00. The number of nitrogens with zero attached hydrogens (tertiary/aromatic N) is 2. The highest BCUT2D eigenvalue weighted by molar-refractivity contribution is 8.14. The molecule has 0 bridgehead atoms. The summed E-state index contributed by atoms with van der Waals surface area (Å²) in [6.45, 7) is 3.11. The van der Waals surface area contributed by atoms with E-state index < -0.39 is 6.36 Å². The van der Waals surface area contributed by atoms with Crippen molar-refractivity contribution in [1.82, 2.24) is 9.78 Å². The van der Waals surface area contributed by atoms with E-state index in [9.17, 15) is 18.0 Å². The third-order valence-electron chi connectivity index (χ3n) is 4.72. The van der Waals surface area contributed by atoms with Crippen molar-refractivity contribution in [3.8, 4) is 5.75 Å². The van der Waals surface area contributed by atoms with Gasteiger partial charge in [-0.1, -0.05) is 23.9 Å².